The predicted molar refractivity (Wildman–Crippen MR) is 330 cm³/mol. The molecule has 0 saturated carbocycles. The van der Waals surface area contributed by atoms with E-state index in [1.54, 1.807) is 0 Å². The Hall–Kier alpha value is -10.9. The van der Waals surface area contributed by atoms with Crippen LogP contribution < -0.4 is 0 Å². The van der Waals surface area contributed by atoms with Crippen LogP contribution in [0.3, 0.4) is 0 Å². The Bertz CT molecular complexity index is 4660. The molecule has 11 nitrogen and oxygen atoms in total. The van der Waals surface area contributed by atoms with Gasteiger partial charge >= 0.3 is 0 Å². The van der Waals surface area contributed by atoms with Crippen molar-refractivity contribution in [2.24, 2.45) is 0 Å². The van der Waals surface area contributed by atoms with Gasteiger partial charge in [-0.15, -0.1) is 0 Å². The molecule has 0 bridgehead atoms. The Kier molecular flexibility index (Phi) is 10.3. The summed E-state index contributed by atoms with van der Waals surface area (Å²) in [7, 11) is 0. The van der Waals surface area contributed by atoms with E-state index in [2.05, 4.69) is 207 Å². The molecule has 0 fully saturated rings. The van der Waals surface area contributed by atoms with Crippen molar-refractivity contribution in [3.8, 4) is 34.9 Å². The lowest BCUT2D eigenvalue weighted by molar-refractivity contribution is 0.792. The van der Waals surface area contributed by atoms with Gasteiger partial charge in [0, 0.05) is 43.4 Å². The largest absolute Gasteiger partial charge is 0.309 e. The number of benzene rings is 10. The van der Waals surface area contributed by atoms with Crippen LogP contribution in [0.15, 0.2) is 243 Å². The van der Waals surface area contributed by atoms with Crippen LogP contribution in [-0.2, 0) is 0 Å². The fourth-order valence-corrected chi connectivity index (χ4v) is 12.6. The maximum absolute atomic E-state index is 4.99. The third-order valence-electron chi connectivity index (χ3n) is 16.0. The molecule has 10 aromatic carbocycles. The lowest BCUT2D eigenvalue weighted by Gasteiger charge is -2.17. The van der Waals surface area contributed by atoms with Crippen LogP contribution in [0.25, 0.3) is 133 Å². The lowest BCUT2D eigenvalue weighted by atomic mass is 10.2. The summed E-state index contributed by atoms with van der Waals surface area (Å²) in [5.41, 5.74) is 16.3. The number of fused-ring (bicyclic) bond motifs is 12. The second kappa shape index (κ2) is 18.1. The number of rotatable bonds is 6. The molecule has 0 saturated heterocycles. The minimum absolute atomic E-state index is 0.510. The maximum Gasteiger partial charge on any atom is 0.242 e. The fraction of sp³-hybridized carbons (Fsp3) is 0.0429. The van der Waals surface area contributed by atoms with E-state index in [1.165, 1.54) is 65.4 Å². The summed E-state index contributed by atoms with van der Waals surface area (Å²) >= 11 is 0. The second-order valence-corrected chi connectivity index (χ2v) is 20.7. The molecular weight excluding hydrogens is 995 g/mol. The summed E-state index contributed by atoms with van der Waals surface area (Å²) in [6.45, 7) is 6.01. The molecule has 7 heterocycles. The zero-order valence-corrected chi connectivity index (χ0v) is 44.5. The maximum atomic E-state index is 4.99. The van der Waals surface area contributed by atoms with Crippen molar-refractivity contribution in [2.45, 2.75) is 20.8 Å². The first-order valence-electron chi connectivity index (χ1n) is 27.3. The van der Waals surface area contributed by atoms with Gasteiger partial charge < -0.3 is 13.7 Å². The van der Waals surface area contributed by atoms with Crippen molar-refractivity contribution >= 4 is 98.4 Å². The summed E-state index contributed by atoms with van der Waals surface area (Å²) in [6.07, 6.45) is 0. The first-order chi connectivity index (χ1) is 39.9. The molecule has 0 unspecified atom stereocenters. The number of nitrogens with zero attached hydrogens (tertiary/aromatic N) is 11. The molecule has 0 radical (unpaired) electrons. The van der Waals surface area contributed by atoms with E-state index < -0.39 is 0 Å². The first kappa shape index (κ1) is 46.2. The van der Waals surface area contributed by atoms with Crippen LogP contribution in [0.2, 0.25) is 0 Å². The molecule has 0 amide bonds. The predicted octanol–water partition coefficient (Wildman–Crippen LogP) is 16.4. The van der Waals surface area contributed by atoms with Gasteiger partial charge in [-0.3, -0.25) is 13.7 Å². The summed E-state index contributed by atoms with van der Waals surface area (Å²) < 4.78 is 13.3. The van der Waals surface area contributed by atoms with Crippen LogP contribution in [-0.4, -0.2) is 52.3 Å². The van der Waals surface area contributed by atoms with Crippen LogP contribution in [0.4, 0.5) is 0 Å². The molecule has 0 aliphatic carbocycles. The Morgan fingerprint density at radius 1 is 0.235 bits per heavy atom. The number of hydrogen-bond acceptors (Lipinski definition) is 5. The van der Waals surface area contributed by atoms with Gasteiger partial charge in [0.05, 0.1) is 77.7 Å². The average Bonchev–Trinajstić information content (AvgIpc) is 4.54. The van der Waals surface area contributed by atoms with E-state index in [0.29, 0.717) is 17.8 Å². The summed E-state index contributed by atoms with van der Waals surface area (Å²) in [5, 5.41) is 8.68. The monoisotopic (exact) mass is 1040 g/mol. The molecular formula is C70H49N11. The molecule has 0 aliphatic heterocycles. The van der Waals surface area contributed by atoms with Crippen LogP contribution >= 0.6 is 0 Å². The fourth-order valence-electron chi connectivity index (χ4n) is 12.6. The summed E-state index contributed by atoms with van der Waals surface area (Å²) in [5.74, 6) is 3.18. The molecule has 384 valence electrons. The summed E-state index contributed by atoms with van der Waals surface area (Å²) in [4.78, 5) is 24.4. The van der Waals surface area contributed by atoms with E-state index in [9.17, 15) is 0 Å². The Labute approximate surface area is 464 Å². The van der Waals surface area contributed by atoms with Crippen molar-refractivity contribution in [1.82, 2.24) is 52.3 Å². The van der Waals surface area contributed by atoms with Gasteiger partial charge in [0.25, 0.3) is 0 Å². The van der Waals surface area contributed by atoms with E-state index in [0.717, 1.165) is 67.4 Å². The van der Waals surface area contributed by atoms with E-state index >= 15 is 0 Å². The Morgan fingerprint density at radius 2 is 0.506 bits per heavy atom. The topological polar surface area (TPSA) is 94.0 Å². The van der Waals surface area contributed by atoms with Gasteiger partial charge in [0.2, 0.25) is 17.8 Å². The van der Waals surface area contributed by atoms with Crippen molar-refractivity contribution in [2.75, 3.05) is 0 Å². The molecule has 81 heavy (non-hydrogen) atoms. The summed E-state index contributed by atoms with van der Waals surface area (Å²) in [6, 6.07) is 86.0. The molecule has 0 atom stereocenters. The van der Waals surface area contributed by atoms with Crippen LogP contribution in [0.1, 0.15) is 17.3 Å². The van der Waals surface area contributed by atoms with Gasteiger partial charge in [0.1, 0.15) is 11.6 Å². The molecule has 7 aromatic heterocycles. The lowest BCUT2D eigenvalue weighted by Crippen LogP contribution is -2.15. The number of aromatic nitrogens is 11. The minimum atomic E-state index is 0.510. The highest BCUT2D eigenvalue weighted by molar-refractivity contribution is 6.12. The molecule has 0 N–H and O–H groups in total. The minimum Gasteiger partial charge on any atom is -0.309 e. The number of aryl methyl sites for hydroxylation is 3. The molecule has 0 spiro atoms. The van der Waals surface area contributed by atoms with E-state index in [1.807, 2.05) is 83.6 Å². The van der Waals surface area contributed by atoms with Gasteiger partial charge in [-0.1, -0.05) is 152 Å². The SMILES string of the molecule is Cc1cc2ccccc2n1-c1nc(-n2c(C)nc3ccccc32)nc(-n2c(C)nc3ccccc32)n1.c1ccc2c(c1)c1ccccc1n2-c1cc(-n2c3ccccc3c3ccccc32)cc(-n2c3ccccc3c3ccccc32)c1. The molecule has 17 aromatic rings. The van der Waals surface area contributed by atoms with Gasteiger partial charge in [0.15, 0.2) is 0 Å². The highest BCUT2D eigenvalue weighted by Gasteiger charge is 2.23. The second-order valence-electron chi connectivity index (χ2n) is 20.7. The highest BCUT2D eigenvalue weighted by Crippen LogP contribution is 2.39. The highest BCUT2D eigenvalue weighted by atomic mass is 15.3. The first-order valence-corrected chi connectivity index (χ1v) is 27.3. The third-order valence-corrected chi connectivity index (χ3v) is 16.0. The molecule has 11 heteroatoms. The van der Waals surface area contributed by atoms with Gasteiger partial charge in [-0.2, -0.15) is 15.0 Å². The smallest absolute Gasteiger partial charge is 0.242 e. The van der Waals surface area contributed by atoms with Gasteiger partial charge in [-0.25, -0.2) is 9.97 Å². The quantitative estimate of drug-likeness (QED) is 0.165. The zero-order chi connectivity index (χ0) is 53.9. The van der Waals surface area contributed by atoms with Crippen LogP contribution in [0.5, 0.6) is 0 Å². The number of para-hydroxylation sites is 11. The zero-order valence-electron chi connectivity index (χ0n) is 44.5. The molecule has 0 aliphatic rings. The van der Waals surface area contributed by atoms with Crippen molar-refractivity contribution in [3.05, 3.63) is 260 Å². The van der Waals surface area contributed by atoms with Crippen molar-refractivity contribution < 1.29 is 0 Å². The number of hydrogen-bond donors (Lipinski definition) is 0. The Morgan fingerprint density at radius 3 is 0.852 bits per heavy atom. The standard InChI is InChI=1S/C42H27N3.C28H22N8/c1-7-19-37-31(13-1)32-14-2-8-20-38(32)43(37)28-25-29(44-39-21-9-3-15-33(39)34-16-4-10-22-40(34)44)27-30(26-28)45-41-23-11-5-17-35(41)36-18-6-12-24-42(36)45;1-17-16-20-10-4-7-13-23(20)34(17)26-31-27(35-18(2)29-21-11-5-8-14-24(21)35)33-28(32-26)36-19(3)30-22-12-6-9-15-25(22)36/h1-27H;4-16H,1-3H3. The normalized spacial score (nSPS) is 11.9. The van der Waals surface area contributed by atoms with E-state index in [-0.39, 0.29) is 0 Å². The van der Waals surface area contributed by atoms with E-state index in [4.69, 9.17) is 24.9 Å². The number of imidazole rings is 2. The Balaban J connectivity index is 0.000000137. The average molecular weight is 1040 g/mol. The van der Waals surface area contributed by atoms with Crippen molar-refractivity contribution in [1.29, 1.82) is 0 Å². The van der Waals surface area contributed by atoms with Gasteiger partial charge in [-0.05, 0) is 112 Å². The molecule has 17 rings (SSSR count). The van der Waals surface area contributed by atoms with Crippen molar-refractivity contribution in [3.63, 3.8) is 0 Å². The third kappa shape index (κ3) is 7.18. The van der Waals surface area contributed by atoms with Crippen LogP contribution in [0, 0.1) is 20.8 Å².